The van der Waals surface area contributed by atoms with Gasteiger partial charge in [0.2, 0.25) is 4.80 Å². The standard InChI is InChI=1S/C18H17BrN2O2S2/c1-3-21-17(14-6-8-15(19)9-7-14)12-24-18(21)20-25(22,23)16-10-4-13(2)5-11-16/h4-12H,3H2,1-2H3/b20-18+. The molecule has 0 radical (unpaired) electrons. The summed E-state index contributed by atoms with van der Waals surface area (Å²) in [5, 5.41) is 1.94. The lowest BCUT2D eigenvalue weighted by atomic mass is 10.2. The Morgan fingerprint density at radius 2 is 1.72 bits per heavy atom. The fourth-order valence-corrected chi connectivity index (χ4v) is 4.88. The van der Waals surface area contributed by atoms with Gasteiger partial charge in [-0.3, -0.25) is 0 Å². The van der Waals surface area contributed by atoms with Gasteiger partial charge in [0, 0.05) is 16.4 Å². The maximum atomic E-state index is 12.6. The van der Waals surface area contributed by atoms with Crippen molar-refractivity contribution in [1.29, 1.82) is 0 Å². The van der Waals surface area contributed by atoms with E-state index in [-0.39, 0.29) is 4.90 Å². The van der Waals surface area contributed by atoms with Gasteiger partial charge in [0.15, 0.2) is 0 Å². The Bertz CT molecular complexity index is 1050. The Morgan fingerprint density at radius 1 is 1.08 bits per heavy atom. The van der Waals surface area contributed by atoms with Gasteiger partial charge in [-0.15, -0.1) is 15.7 Å². The van der Waals surface area contributed by atoms with Crippen molar-refractivity contribution in [3.63, 3.8) is 0 Å². The van der Waals surface area contributed by atoms with E-state index >= 15 is 0 Å². The molecule has 0 aliphatic rings. The zero-order valence-electron chi connectivity index (χ0n) is 13.8. The summed E-state index contributed by atoms with van der Waals surface area (Å²) < 4.78 is 32.2. The van der Waals surface area contributed by atoms with Gasteiger partial charge >= 0.3 is 0 Å². The molecular weight excluding hydrogens is 420 g/mol. The molecular formula is C18H17BrN2O2S2. The molecule has 1 aromatic heterocycles. The highest BCUT2D eigenvalue weighted by molar-refractivity contribution is 9.10. The third kappa shape index (κ3) is 3.94. The molecule has 0 saturated heterocycles. The van der Waals surface area contributed by atoms with Crippen LogP contribution in [0.3, 0.4) is 0 Å². The van der Waals surface area contributed by atoms with Crippen molar-refractivity contribution in [2.45, 2.75) is 25.3 Å². The molecule has 4 nitrogen and oxygen atoms in total. The van der Waals surface area contributed by atoms with Gasteiger partial charge in [-0.1, -0.05) is 45.8 Å². The van der Waals surface area contributed by atoms with Crippen molar-refractivity contribution >= 4 is 37.3 Å². The summed E-state index contributed by atoms with van der Waals surface area (Å²) in [7, 11) is -3.73. The Hall–Kier alpha value is -1.70. The first-order chi connectivity index (χ1) is 11.9. The molecule has 0 bridgehead atoms. The van der Waals surface area contributed by atoms with Gasteiger partial charge in [0.1, 0.15) is 0 Å². The third-order valence-corrected chi connectivity index (χ3v) is 6.56. The largest absolute Gasteiger partial charge is 0.316 e. The van der Waals surface area contributed by atoms with Gasteiger partial charge in [0.05, 0.1) is 10.6 Å². The maximum absolute atomic E-state index is 12.6. The van der Waals surface area contributed by atoms with Gasteiger partial charge in [0.25, 0.3) is 10.0 Å². The first-order valence-electron chi connectivity index (χ1n) is 7.72. The Kier molecular flexibility index (Phi) is 5.27. The van der Waals surface area contributed by atoms with E-state index in [0.29, 0.717) is 11.3 Å². The van der Waals surface area contributed by atoms with Crippen LogP contribution in [-0.2, 0) is 16.6 Å². The molecule has 0 spiro atoms. The number of hydrogen-bond donors (Lipinski definition) is 0. The van der Waals surface area contributed by atoms with E-state index in [1.807, 2.05) is 48.1 Å². The maximum Gasteiger partial charge on any atom is 0.285 e. The second-order valence-corrected chi connectivity index (χ2v) is 8.89. The zero-order chi connectivity index (χ0) is 18.0. The third-order valence-electron chi connectivity index (χ3n) is 3.77. The quantitative estimate of drug-likeness (QED) is 0.599. The van der Waals surface area contributed by atoms with Crippen molar-refractivity contribution in [2.75, 3.05) is 0 Å². The van der Waals surface area contributed by atoms with E-state index in [0.717, 1.165) is 21.3 Å². The van der Waals surface area contributed by atoms with E-state index in [4.69, 9.17) is 0 Å². The summed E-state index contributed by atoms with van der Waals surface area (Å²) in [6.07, 6.45) is 0. The molecule has 0 fully saturated rings. The Balaban J connectivity index is 2.10. The smallest absolute Gasteiger partial charge is 0.285 e. The van der Waals surface area contributed by atoms with Crippen LogP contribution in [0.25, 0.3) is 11.3 Å². The van der Waals surface area contributed by atoms with Crippen LogP contribution in [0.4, 0.5) is 0 Å². The van der Waals surface area contributed by atoms with Crippen LogP contribution < -0.4 is 4.80 Å². The summed E-state index contributed by atoms with van der Waals surface area (Å²) in [6, 6.07) is 14.7. The number of aromatic nitrogens is 1. The number of benzene rings is 2. The number of rotatable bonds is 4. The monoisotopic (exact) mass is 436 g/mol. The fraction of sp³-hybridized carbons (Fsp3) is 0.167. The molecule has 2 aromatic carbocycles. The van der Waals surface area contributed by atoms with Gasteiger partial charge in [-0.05, 0) is 43.7 Å². The van der Waals surface area contributed by atoms with Crippen LogP contribution in [0.1, 0.15) is 12.5 Å². The van der Waals surface area contributed by atoms with Crippen LogP contribution >= 0.6 is 27.3 Å². The number of nitrogens with zero attached hydrogens (tertiary/aromatic N) is 2. The number of halogens is 1. The minimum absolute atomic E-state index is 0.208. The highest BCUT2D eigenvalue weighted by Gasteiger charge is 2.14. The van der Waals surface area contributed by atoms with Crippen molar-refractivity contribution in [3.05, 3.63) is 68.7 Å². The molecule has 0 aliphatic carbocycles. The Labute approximate surface area is 159 Å². The van der Waals surface area contributed by atoms with Gasteiger partial charge < -0.3 is 4.57 Å². The van der Waals surface area contributed by atoms with E-state index in [1.54, 1.807) is 24.3 Å². The topological polar surface area (TPSA) is 51.4 Å². The first-order valence-corrected chi connectivity index (χ1v) is 10.8. The molecule has 3 rings (SSSR count). The number of sulfonamides is 1. The molecule has 25 heavy (non-hydrogen) atoms. The predicted octanol–water partition coefficient (Wildman–Crippen LogP) is 4.60. The van der Waals surface area contributed by atoms with Gasteiger partial charge in [-0.2, -0.15) is 8.42 Å². The number of thiazole rings is 1. The number of hydrogen-bond acceptors (Lipinski definition) is 3. The minimum Gasteiger partial charge on any atom is -0.316 e. The van der Waals surface area contributed by atoms with E-state index in [2.05, 4.69) is 20.3 Å². The minimum atomic E-state index is -3.73. The van der Waals surface area contributed by atoms with Crippen LogP contribution in [0.15, 0.2) is 67.7 Å². The van der Waals surface area contributed by atoms with Crippen molar-refractivity contribution in [1.82, 2.24) is 4.57 Å². The summed E-state index contributed by atoms with van der Waals surface area (Å²) in [5.74, 6) is 0. The predicted molar refractivity (Wildman–Crippen MR) is 105 cm³/mol. The second kappa shape index (κ2) is 7.27. The summed E-state index contributed by atoms with van der Waals surface area (Å²) in [6.45, 7) is 4.53. The Morgan fingerprint density at radius 3 is 2.32 bits per heavy atom. The lowest BCUT2D eigenvalue weighted by Gasteiger charge is -2.06. The second-order valence-electron chi connectivity index (χ2n) is 5.53. The normalized spacial score (nSPS) is 12.5. The SMILES string of the molecule is CCn1c(-c2ccc(Br)cc2)cs/c1=N/S(=O)(=O)c1ccc(C)cc1. The summed E-state index contributed by atoms with van der Waals surface area (Å²) in [5.41, 5.74) is 2.99. The van der Waals surface area contributed by atoms with Crippen LogP contribution in [0.5, 0.6) is 0 Å². The van der Waals surface area contributed by atoms with Crippen LogP contribution in [0.2, 0.25) is 0 Å². The molecule has 1 heterocycles. The van der Waals surface area contributed by atoms with Gasteiger partial charge in [-0.25, -0.2) is 0 Å². The van der Waals surface area contributed by atoms with E-state index in [9.17, 15) is 8.42 Å². The van der Waals surface area contributed by atoms with Crippen LogP contribution in [-0.4, -0.2) is 13.0 Å². The lowest BCUT2D eigenvalue weighted by molar-refractivity contribution is 0.595. The molecule has 0 atom stereocenters. The summed E-state index contributed by atoms with van der Waals surface area (Å²) in [4.78, 5) is 0.681. The lowest BCUT2D eigenvalue weighted by Crippen LogP contribution is -2.17. The molecule has 0 amide bonds. The zero-order valence-corrected chi connectivity index (χ0v) is 17.0. The fourth-order valence-electron chi connectivity index (χ4n) is 2.43. The molecule has 0 unspecified atom stereocenters. The molecule has 0 saturated carbocycles. The molecule has 7 heteroatoms. The van der Waals surface area contributed by atoms with Crippen molar-refractivity contribution < 1.29 is 8.42 Å². The number of aryl methyl sites for hydroxylation is 1. The van der Waals surface area contributed by atoms with Crippen molar-refractivity contribution in [2.24, 2.45) is 4.40 Å². The highest BCUT2D eigenvalue weighted by Crippen LogP contribution is 2.23. The van der Waals surface area contributed by atoms with Crippen LogP contribution in [0, 0.1) is 6.92 Å². The summed E-state index contributed by atoms with van der Waals surface area (Å²) >= 11 is 4.76. The highest BCUT2D eigenvalue weighted by atomic mass is 79.9. The average molecular weight is 437 g/mol. The molecule has 0 N–H and O–H groups in total. The molecule has 0 aliphatic heterocycles. The average Bonchev–Trinajstić information content (AvgIpc) is 2.98. The molecule has 130 valence electrons. The molecule has 3 aromatic rings. The van der Waals surface area contributed by atoms with E-state index in [1.165, 1.54) is 11.3 Å². The van der Waals surface area contributed by atoms with E-state index < -0.39 is 10.0 Å². The van der Waals surface area contributed by atoms with Crippen molar-refractivity contribution in [3.8, 4) is 11.3 Å². The first kappa shape index (κ1) is 18.1.